The third kappa shape index (κ3) is 3.39. The molecule has 2 rings (SSSR count). The molecule has 9 heteroatoms. The maximum Gasteiger partial charge on any atom is 0.270 e. The monoisotopic (exact) mass is 296 g/mol. The fourth-order valence-corrected chi connectivity index (χ4v) is 2.64. The second-order valence-electron chi connectivity index (χ2n) is 3.92. The Bertz CT molecular complexity index is 697. The highest BCUT2D eigenvalue weighted by Crippen LogP contribution is 2.16. The van der Waals surface area contributed by atoms with Crippen molar-refractivity contribution in [3.05, 3.63) is 52.8 Å². The quantitative estimate of drug-likeness (QED) is 0.626. The number of hydrogen-bond acceptors (Lipinski definition) is 5. The number of non-ortho nitro benzene ring substituents is 1. The highest BCUT2D eigenvalue weighted by molar-refractivity contribution is 7.89. The van der Waals surface area contributed by atoms with Crippen LogP contribution in [0, 0.1) is 10.1 Å². The van der Waals surface area contributed by atoms with Crippen LogP contribution in [-0.4, -0.2) is 29.7 Å². The van der Waals surface area contributed by atoms with E-state index in [1.807, 2.05) is 0 Å². The fraction of sp³-hybridized carbons (Fsp3) is 0.182. The van der Waals surface area contributed by atoms with Gasteiger partial charge in [0.05, 0.1) is 16.4 Å². The molecule has 0 aliphatic rings. The van der Waals surface area contributed by atoms with Crippen molar-refractivity contribution >= 4 is 15.7 Å². The smallest absolute Gasteiger partial charge is 0.270 e. The zero-order valence-electron chi connectivity index (χ0n) is 10.3. The van der Waals surface area contributed by atoms with Gasteiger partial charge in [0.15, 0.2) is 0 Å². The molecule has 0 fully saturated rings. The summed E-state index contributed by atoms with van der Waals surface area (Å²) in [5.74, 6) is 0. The van der Waals surface area contributed by atoms with E-state index in [0.29, 0.717) is 6.54 Å². The highest BCUT2D eigenvalue weighted by Gasteiger charge is 2.16. The molecule has 8 nitrogen and oxygen atoms in total. The van der Waals surface area contributed by atoms with Gasteiger partial charge in [-0.3, -0.25) is 14.8 Å². The molecule has 0 saturated carbocycles. The van der Waals surface area contributed by atoms with Gasteiger partial charge in [0, 0.05) is 31.1 Å². The van der Waals surface area contributed by atoms with Crippen LogP contribution in [0.5, 0.6) is 0 Å². The SMILES string of the molecule is O=[N+]([O-])c1cccc(S(=O)(=O)NCCn2cccn2)c1. The molecule has 0 spiro atoms. The summed E-state index contributed by atoms with van der Waals surface area (Å²) in [6.45, 7) is 0.522. The van der Waals surface area contributed by atoms with Crippen LogP contribution in [0.2, 0.25) is 0 Å². The Morgan fingerprint density at radius 3 is 2.80 bits per heavy atom. The predicted molar refractivity (Wildman–Crippen MR) is 70.5 cm³/mol. The molecule has 0 unspecified atom stereocenters. The zero-order chi connectivity index (χ0) is 14.6. The van der Waals surface area contributed by atoms with Gasteiger partial charge >= 0.3 is 0 Å². The van der Waals surface area contributed by atoms with Gasteiger partial charge in [-0.25, -0.2) is 13.1 Å². The first-order chi connectivity index (χ1) is 9.49. The minimum atomic E-state index is -3.77. The minimum Gasteiger partial charge on any atom is -0.271 e. The maximum absolute atomic E-state index is 12.0. The summed E-state index contributed by atoms with van der Waals surface area (Å²) in [6.07, 6.45) is 3.30. The number of nitro groups is 1. The van der Waals surface area contributed by atoms with Crippen molar-refractivity contribution in [1.29, 1.82) is 0 Å². The van der Waals surface area contributed by atoms with Crippen LogP contribution in [-0.2, 0) is 16.6 Å². The van der Waals surface area contributed by atoms with Gasteiger partial charge in [-0.2, -0.15) is 5.10 Å². The van der Waals surface area contributed by atoms with E-state index in [9.17, 15) is 18.5 Å². The number of rotatable bonds is 6. The molecule has 1 aromatic heterocycles. The summed E-state index contributed by atoms with van der Waals surface area (Å²) < 4.78 is 27.9. The molecule has 0 amide bonds. The van der Waals surface area contributed by atoms with Gasteiger partial charge in [-0.1, -0.05) is 6.07 Å². The van der Waals surface area contributed by atoms with Crippen molar-refractivity contribution in [3.8, 4) is 0 Å². The number of hydrogen-bond donors (Lipinski definition) is 1. The summed E-state index contributed by atoms with van der Waals surface area (Å²) in [4.78, 5) is 9.86. The van der Waals surface area contributed by atoms with Crippen molar-refractivity contribution in [1.82, 2.24) is 14.5 Å². The summed E-state index contributed by atoms with van der Waals surface area (Å²) >= 11 is 0. The molecule has 1 aromatic carbocycles. The Kier molecular flexibility index (Phi) is 4.11. The standard InChI is InChI=1S/C11H12N4O4S/c16-15(17)10-3-1-4-11(9-10)20(18,19)13-6-8-14-7-2-5-12-14/h1-5,7,9,13H,6,8H2. The van der Waals surface area contributed by atoms with E-state index in [1.54, 1.807) is 23.1 Å². The Hall–Kier alpha value is -2.26. The molecular formula is C11H12N4O4S. The van der Waals surface area contributed by atoms with Crippen molar-refractivity contribution in [3.63, 3.8) is 0 Å². The van der Waals surface area contributed by atoms with Crippen molar-refractivity contribution in [2.75, 3.05) is 6.54 Å². The third-order valence-corrected chi connectivity index (χ3v) is 3.99. The van der Waals surface area contributed by atoms with Gasteiger partial charge in [0.1, 0.15) is 0 Å². The van der Waals surface area contributed by atoms with Crippen molar-refractivity contribution in [2.24, 2.45) is 0 Å². The van der Waals surface area contributed by atoms with Crippen LogP contribution < -0.4 is 4.72 Å². The first kappa shape index (κ1) is 14.2. The van der Waals surface area contributed by atoms with Crippen molar-refractivity contribution < 1.29 is 13.3 Å². The molecule has 20 heavy (non-hydrogen) atoms. The van der Waals surface area contributed by atoms with Gasteiger partial charge in [0.25, 0.3) is 5.69 Å². The maximum atomic E-state index is 12.0. The fourth-order valence-electron chi connectivity index (χ4n) is 1.57. The zero-order valence-corrected chi connectivity index (χ0v) is 11.2. The molecule has 0 aliphatic heterocycles. The number of benzene rings is 1. The minimum absolute atomic E-state index is 0.132. The van der Waals surface area contributed by atoms with Crippen LogP contribution in [0.3, 0.4) is 0 Å². The van der Waals surface area contributed by atoms with E-state index in [2.05, 4.69) is 9.82 Å². The first-order valence-corrected chi connectivity index (χ1v) is 7.19. The number of aromatic nitrogens is 2. The number of nitrogens with one attached hydrogen (secondary N) is 1. The average molecular weight is 296 g/mol. The lowest BCUT2D eigenvalue weighted by Gasteiger charge is -2.06. The molecule has 0 radical (unpaired) electrons. The van der Waals surface area contributed by atoms with Gasteiger partial charge < -0.3 is 0 Å². The lowest BCUT2D eigenvalue weighted by atomic mass is 10.3. The summed E-state index contributed by atoms with van der Waals surface area (Å²) in [5, 5.41) is 14.6. The number of nitro benzene ring substituents is 1. The van der Waals surface area contributed by atoms with Crippen LogP contribution in [0.15, 0.2) is 47.6 Å². The third-order valence-electron chi connectivity index (χ3n) is 2.53. The number of sulfonamides is 1. The molecular weight excluding hydrogens is 284 g/mol. The summed E-state index contributed by atoms with van der Waals surface area (Å²) in [6, 6.07) is 6.64. The molecule has 0 atom stereocenters. The second kappa shape index (κ2) is 5.80. The average Bonchev–Trinajstić information content (AvgIpc) is 2.92. The molecule has 1 heterocycles. The van der Waals surface area contributed by atoms with Gasteiger partial charge in [-0.15, -0.1) is 0 Å². The van der Waals surface area contributed by atoms with E-state index in [0.717, 1.165) is 6.07 Å². The summed E-state index contributed by atoms with van der Waals surface area (Å²) in [7, 11) is -3.77. The van der Waals surface area contributed by atoms with Crippen LogP contribution >= 0.6 is 0 Å². The molecule has 1 N–H and O–H groups in total. The Balaban J connectivity index is 2.06. The largest absolute Gasteiger partial charge is 0.271 e. The summed E-state index contributed by atoms with van der Waals surface area (Å²) in [5.41, 5.74) is -0.264. The van der Waals surface area contributed by atoms with Gasteiger partial charge in [0.2, 0.25) is 10.0 Å². The normalized spacial score (nSPS) is 11.4. The van der Waals surface area contributed by atoms with Crippen LogP contribution in [0.25, 0.3) is 0 Å². The van der Waals surface area contributed by atoms with E-state index < -0.39 is 14.9 Å². The van der Waals surface area contributed by atoms with Crippen LogP contribution in [0.1, 0.15) is 0 Å². The van der Waals surface area contributed by atoms with E-state index in [1.165, 1.54) is 18.2 Å². The molecule has 0 bridgehead atoms. The van der Waals surface area contributed by atoms with Crippen LogP contribution in [0.4, 0.5) is 5.69 Å². The molecule has 106 valence electrons. The molecule has 0 aliphatic carbocycles. The number of nitrogens with zero attached hydrogens (tertiary/aromatic N) is 3. The molecule has 2 aromatic rings. The lowest BCUT2D eigenvalue weighted by Crippen LogP contribution is -2.27. The Morgan fingerprint density at radius 1 is 1.35 bits per heavy atom. The second-order valence-corrected chi connectivity index (χ2v) is 5.69. The van der Waals surface area contributed by atoms with Gasteiger partial charge in [-0.05, 0) is 12.1 Å². The van der Waals surface area contributed by atoms with Crippen molar-refractivity contribution in [2.45, 2.75) is 11.4 Å². The Labute approximate surface area is 115 Å². The molecule has 0 saturated heterocycles. The Morgan fingerprint density at radius 2 is 2.15 bits per heavy atom. The van der Waals surface area contributed by atoms with E-state index in [-0.39, 0.29) is 17.1 Å². The highest BCUT2D eigenvalue weighted by atomic mass is 32.2. The first-order valence-electron chi connectivity index (χ1n) is 5.70. The predicted octanol–water partition coefficient (Wildman–Crippen LogP) is 0.770. The van der Waals surface area contributed by atoms with E-state index >= 15 is 0 Å². The van der Waals surface area contributed by atoms with E-state index in [4.69, 9.17) is 0 Å². The topological polar surface area (TPSA) is 107 Å². The lowest BCUT2D eigenvalue weighted by molar-refractivity contribution is -0.385.